The van der Waals surface area contributed by atoms with Crippen molar-refractivity contribution in [3.05, 3.63) is 59.2 Å². The van der Waals surface area contributed by atoms with E-state index in [-0.39, 0.29) is 36.7 Å². The molecule has 1 saturated heterocycles. The van der Waals surface area contributed by atoms with E-state index >= 15 is 0 Å². The molecule has 7 N–H and O–H groups in total. The quantitative estimate of drug-likeness (QED) is 0.152. The van der Waals surface area contributed by atoms with Gasteiger partial charge < -0.3 is 35.7 Å². The first-order valence-corrected chi connectivity index (χ1v) is 11.3. The van der Waals surface area contributed by atoms with Crippen LogP contribution in [0.25, 0.3) is 0 Å². The molecule has 1 fully saturated rings. The second kappa shape index (κ2) is 11.8. The molecule has 12 nitrogen and oxygen atoms in total. The van der Waals surface area contributed by atoms with Crippen LogP contribution in [-0.4, -0.2) is 70.2 Å². The SMILES string of the molecule is CCC(=O)OC[C@H]1O[C@@](C#N)(c2ccc(C(=NC=N)NC(=O)[C@@H](N)Cc3ccc(F)cc3)[nH]2)[C@H](O)[C@@H]1O. The number of hydrogen-bond donors (Lipinski definition) is 6. The van der Waals surface area contributed by atoms with Crippen molar-refractivity contribution < 1.29 is 33.7 Å². The van der Waals surface area contributed by atoms with Crippen LogP contribution in [0.3, 0.4) is 0 Å². The second-order valence-electron chi connectivity index (χ2n) is 8.29. The van der Waals surface area contributed by atoms with E-state index < -0.39 is 47.6 Å². The van der Waals surface area contributed by atoms with Gasteiger partial charge in [-0.2, -0.15) is 5.26 Å². The fourth-order valence-electron chi connectivity index (χ4n) is 3.77. The summed E-state index contributed by atoms with van der Waals surface area (Å²) >= 11 is 0. The summed E-state index contributed by atoms with van der Waals surface area (Å²) in [5.74, 6) is -1.70. The van der Waals surface area contributed by atoms with Crippen LogP contribution in [0.2, 0.25) is 0 Å². The number of carbonyl (C=O) groups is 2. The molecule has 0 aliphatic carbocycles. The lowest BCUT2D eigenvalue weighted by atomic mass is 9.93. The maximum atomic E-state index is 13.1. The number of hydrogen-bond acceptors (Lipinski definition) is 9. The summed E-state index contributed by atoms with van der Waals surface area (Å²) < 4.78 is 23.8. The van der Waals surface area contributed by atoms with Crippen molar-refractivity contribution in [3.63, 3.8) is 0 Å². The molecule has 0 saturated carbocycles. The van der Waals surface area contributed by atoms with E-state index in [1.807, 2.05) is 6.07 Å². The summed E-state index contributed by atoms with van der Waals surface area (Å²) in [6, 6.07) is 9.16. The zero-order valence-electron chi connectivity index (χ0n) is 19.8. The zero-order chi connectivity index (χ0) is 27.2. The fourth-order valence-corrected chi connectivity index (χ4v) is 3.77. The number of aromatic amines is 1. The van der Waals surface area contributed by atoms with Crippen LogP contribution in [0.5, 0.6) is 0 Å². The summed E-state index contributed by atoms with van der Waals surface area (Å²) in [7, 11) is 0. The number of aliphatic imine (C=N–C) groups is 1. The van der Waals surface area contributed by atoms with Crippen LogP contribution in [0.4, 0.5) is 4.39 Å². The van der Waals surface area contributed by atoms with Gasteiger partial charge >= 0.3 is 5.97 Å². The second-order valence-corrected chi connectivity index (χ2v) is 8.29. The van der Waals surface area contributed by atoms with Crippen LogP contribution in [0.1, 0.15) is 30.3 Å². The standard InChI is InChI=1S/C24H27FN6O6/c1-2-19(32)36-10-17-20(33)21(34)24(11-26,37-17)18-8-7-16(30-18)22(29-12-27)31-23(35)15(28)9-13-3-5-14(25)6-4-13/h3-8,12,15,17,20-21,30,33-34H,2,9-10,28H2,1H3,(H2,27,29,31,35)/t15-,17+,20+,21+,24-/m0/s1. The molecule has 37 heavy (non-hydrogen) atoms. The molecule has 0 unspecified atom stereocenters. The molecular formula is C24H27FN6O6. The Hall–Kier alpha value is -3.96. The highest BCUT2D eigenvalue weighted by Crippen LogP contribution is 2.39. The lowest BCUT2D eigenvalue weighted by Gasteiger charge is -2.23. The molecule has 5 atom stereocenters. The molecule has 3 rings (SSSR count). The van der Waals surface area contributed by atoms with Crippen molar-refractivity contribution in [2.45, 2.75) is 49.7 Å². The number of benzene rings is 1. The van der Waals surface area contributed by atoms with Gasteiger partial charge in [-0.25, -0.2) is 9.38 Å². The van der Waals surface area contributed by atoms with Crippen molar-refractivity contribution in [1.82, 2.24) is 10.3 Å². The molecule has 0 bridgehead atoms. The molecule has 0 spiro atoms. The Labute approximate surface area is 211 Å². The molecule has 2 heterocycles. The van der Waals surface area contributed by atoms with Crippen molar-refractivity contribution in [1.29, 1.82) is 10.7 Å². The number of esters is 1. The number of nitrogens with one attached hydrogen (secondary N) is 3. The number of H-pyrrole nitrogens is 1. The Morgan fingerprint density at radius 2 is 2.08 bits per heavy atom. The van der Waals surface area contributed by atoms with Gasteiger partial charge in [0.25, 0.3) is 0 Å². The topological polar surface area (TPSA) is 207 Å². The molecule has 196 valence electrons. The van der Waals surface area contributed by atoms with Gasteiger partial charge in [0.1, 0.15) is 43.1 Å². The molecule has 2 aromatic rings. The van der Waals surface area contributed by atoms with E-state index in [4.69, 9.17) is 20.6 Å². The first kappa shape index (κ1) is 27.6. The zero-order valence-corrected chi connectivity index (χ0v) is 19.8. The van der Waals surface area contributed by atoms with Gasteiger partial charge in [-0.15, -0.1) is 0 Å². The molecule has 0 radical (unpaired) electrons. The number of amidine groups is 1. The van der Waals surface area contributed by atoms with E-state index in [9.17, 15) is 29.5 Å². The number of nitriles is 1. The van der Waals surface area contributed by atoms with Crippen LogP contribution in [0.15, 0.2) is 41.4 Å². The van der Waals surface area contributed by atoms with Gasteiger partial charge in [0.2, 0.25) is 11.5 Å². The minimum absolute atomic E-state index is 0.0309. The van der Waals surface area contributed by atoms with E-state index in [0.29, 0.717) is 11.9 Å². The number of amides is 1. The van der Waals surface area contributed by atoms with Crippen molar-refractivity contribution in [2.75, 3.05) is 6.61 Å². The average molecular weight is 515 g/mol. The lowest BCUT2D eigenvalue weighted by Crippen LogP contribution is -2.45. The number of ether oxygens (including phenoxy) is 2. The Balaban J connectivity index is 1.77. The number of nitrogens with zero attached hydrogens (tertiary/aromatic N) is 2. The van der Waals surface area contributed by atoms with Crippen molar-refractivity contribution >= 4 is 24.1 Å². The van der Waals surface area contributed by atoms with E-state index in [2.05, 4.69) is 15.3 Å². The third kappa shape index (κ3) is 6.07. The number of carbonyl (C=O) groups excluding carboxylic acids is 2. The molecular weight excluding hydrogens is 487 g/mol. The molecule has 1 aromatic heterocycles. The Morgan fingerprint density at radius 3 is 2.70 bits per heavy atom. The van der Waals surface area contributed by atoms with E-state index in [0.717, 1.165) is 0 Å². The maximum Gasteiger partial charge on any atom is 0.305 e. The number of aliphatic hydroxyl groups excluding tert-OH is 2. The monoisotopic (exact) mass is 514 g/mol. The van der Waals surface area contributed by atoms with Gasteiger partial charge in [-0.3, -0.25) is 15.0 Å². The first-order valence-electron chi connectivity index (χ1n) is 11.3. The number of aliphatic hydroxyl groups is 2. The predicted molar refractivity (Wildman–Crippen MR) is 128 cm³/mol. The van der Waals surface area contributed by atoms with Crippen molar-refractivity contribution in [3.8, 4) is 6.07 Å². The van der Waals surface area contributed by atoms with Crippen LogP contribution < -0.4 is 11.1 Å². The number of nitrogens with two attached hydrogens (primary N) is 1. The number of aromatic nitrogens is 1. The van der Waals surface area contributed by atoms with Crippen LogP contribution in [-0.2, 0) is 31.1 Å². The maximum absolute atomic E-state index is 13.1. The van der Waals surface area contributed by atoms with Crippen molar-refractivity contribution in [2.24, 2.45) is 10.7 Å². The highest BCUT2D eigenvalue weighted by Gasteiger charge is 2.57. The van der Waals surface area contributed by atoms with E-state index in [1.54, 1.807) is 6.92 Å². The van der Waals surface area contributed by atoms with Gasteiger partial charge in [0, 0.05) is 6.42 Å². The molecule has 13 heteroatoms. The van der Waals surface area contributed by atoms with Gasteiger partial charge in [-0.1, -0.05) is 19.1 Å². The minimum atomic E-state index is -2.04. The van der Waals surface area contributed by atoms with E-state index in [1.165, 1.54) is 36.4 Å². The minimum Gasteiger partial charge on any atom is -0.463 e. The number of rotatable bonds is 9. The third-order valence-electron chi connectivity index (χ3n) is 5.80. The highest BCUT2D eigenvalue weighted by molar-refractivity contribution is 6.10. The van der Waals surface area contributed by atoms with Crippen LogP contribution in [0, 0.1) is 22.6 Å². The lowest BCUT2D eigenvalue weighted by molar-refractivity contribution is -0.150. The van der Waals surface area contributed by atoms with Gasteiger partial charge in [0.05, 0.1) is 17.4 Å². The number of halogens is 1. The van der Waals surface area contributed by atoms with Gasteiger partial charge in [0.15, 0.2) is 5.84 Å². The Kier molecular flexibility index (Phi) is 8.85. The predicted octanol–water partition coefficient (Wildman–Crippen LogP) is -0.0136. The first-order chi connectivity index (χ1) is 17.6. The molecule has 1 amide bonds. The molecule has 1 aliphatic heterocycles. The summed E-state index contributed by atoms with van der Waals surface area (Å²) in [5.41, 5.74) is 4.76. The molecule has 1 aliphatic rings. The highest BCUT2D eigenvalue weighted by atomic mass is 19.1. The van der Waals surface area contributed by atoms with Crippen LogP contribution >= 0.6 is 0 Å². The average Bonchev–Trinajstić information content (AvgIpc) is 3.48. The third-order valence-corrected chi connectivity index (χ3v) is 5.80. The Bertz CT molecular complexity index is 1210. The summed E-state index contributed by atoms with van der Waals surface area (Å²) in [5, 5.41) is 40.8. The Morgan fingerprint density at radius 1 is 1.38 bits per heavy atom. The van der Waals surface area contributed by atoms with Gasteiger partial charge in [-0.05, 0) is 36.2 Å². The smallest absolute Gasteiger partial charge is 0.305 e. The fraction of sp³-hybridized carbons (Fsp3) is 0.375. The largest absolute Gasteiger partial charge is 0.463 e. The molecule has 1 aromatic carbocycles. The summed E-state index contributed by atoms with van der Waals surface area (Å²) in [6.07, 6.45) is -3.51. The summed E-state index contributed by atoms with van der Waals surface area (Å²) in [4.78, 5) is 30.8. The normalized spacial score (nSPS) is 24.2. The summed E-state index contributed by atoms with van der Waals surface area (Å²) in [6.45, 7) is 1.22.